The minimum absolute atomic E-state index is 0.251. The van der Waals surface area contributed by atoms with Crippen molar-refractivity contribution >= 4 is 11.6 Å². The molecule has 0 aliphatic carbocycles. The Hall–Kier alpha value is -2.36. The van der Waals surface area contributed by atoms with Crippen molar-refractivity contribution in [3.63, 3.8) is 0 Å². The van der Waals surface area contributed by atoms with E-state index in [4.69, 9.17) is 0 Å². The Morgan fingerprint density at radius 1 is 1.18 bits per heavy atom. The molecule has 4 heteroatoms. The Morgan fingerprint density at radius 2 is 1.94 bits per heavy atom. The SMILES string of the molecule is Cc1ccccc1C(=O)Nc1ccc[nH]c1=O. The Kier molecular flexibility index (Phi) is 3.05. The summed E-state index contributed by atoms with van der Waals surface area (Å²) in [7, 11) is 0. The maximum Gasteiger partial charge on any atom is 0.271 e. The largest absolute Gasteiger partial charge is 0.327 e. The second-order valence-corrected chi connectivity index (χ2v) is 3.68. The molecule has 1 amide bonds. The Bertz CT molecular complexity index is 602. The van der Waals surface area contributed by atoms with Crippen molar-refractivity contribution in [1.29, 1.82) is 0 Å². The number of carbonyl (C=O) groups is 1. The number of hydrogen-bond acceptors (Lipinski definition) is 2. The van der Waals surface area contributed by atoms with Crippen LogP contribution in [-0.4, -0.2) is 10.9 Å². The number of aromatic amines is 1. The second-order valence-electron chi connectivity index (χ2n) is 3.68. The Labute approximate surface area is 98.3 Å². The molecule has 1 aromatic carbocycles. The molecule has 0 aliphatic heterocycles. The highest BCUT2D eigenvalue weighted by Gasteiger charge is 2.09. The number of benzene rings is 1. The normalized spacial score (nSPS) is 9.94. The number of hydrogen-bond donors (Lipinski definition) is 2. The fourth-order valence-corrected chi connectivity index (χ4v) is 1.54. The van der Waals surface area contributed by atoms with Crippen molar-refractivity contribution < 1.29 is 4.79 Å². The first-order chi connectivity index (χ1) is 8.18. The summed E-state index contributed by atoms with van der Waals surface area (Å²) >= 11 is 0. The highest BCUT2D eigenvalue weighted by molar-refractivity contribution is 6.05. The van der Waals surface area contributed by atoms with Gasteiger partial charge in [0.2, 0.25) is 0 Å². The fourth-order valence-electron chi connectivity index (χ4n) is 1.54. The van der Waals surface area contributed by atoms with E-state index >= 15 is 0 Å². The van der Waals surface area contributed by atoms with Gasteiger partial charge >= 0.3 is 0 Å². The van der Waals surface area contributed by atoms with Crippen LogP contribution in [0, 0.1) is 6.92 Å². The van der Waals surface area contributed by atoms with Gasteiger partial charge in [0.05, 0.1) is 0 Å². The van der Waals surface area contributed by atoms with E-state index in [0.29, 0.717) is 5.56 Å². The molecule has 17 heavy (non-hydrogen) atoms. The van der Waals surface area contributed by atoms with Crippen molar-refractivity contribution in [2.45, 2.75) is 6.92 Å². The lowest BCUT2D eigenvalue weighted by atomic mass is 10.1. The highest BCUT2D eigenvalue weighted by Crippen LogP contribution is 2.09. The van der Waals surface area contributed by atoms with Crippen LogP contribution in [0.1, 0.15) is 15.9 Å². The van der Waals surface area contributed by atoms with E-state index in [1.165, 1.54) is 6.20 Å². The lowest BCUT2D eigenvalue weighted by Crippen LogP contribution is -2.19. The molecule has 0 fully saturated rings. The van der Waals surface area contributed by atoms with Gasteiger partial charge in [-0.25, -0.2) is 0 Å². The molecule has 4 nitrogen and oxygen atoms in total. The molecule has 0 bridgehead atoms. The first kappa shape index (κ1) is 11.1. The van der Waals surface area contributed by atoms with Crippen molar-refractivity contribution in [2.24, 2.45) is 0 Å². The molecule has 2 N–H and O–H groups in total. The van der Waals surface area contributed by atoms with Gasteiger partial charge in [0.25, 0.3) is 11.5 Å². The third-order valence-corrected chi connectivity index (χ3v) is 2.46. The smallest absolute Gasteiger partial charge is 0.271 e. The second kappa shape index (κ2) is 4.65. The molecule has 0 spiro atoms. The lowest BCUT2D eigenvalue weighted by Gasteiger charge is -2.06. The van der Waals surface area contributed by atoms with E-state index in [1.807, 2.05) is 19.1 Å². The number of amides is 1. The topological polar surface area (TPSA) is 62.0 Å². The van der Waals surface area contributed by atoms with Gasteiger partial charge in [-0.05, 0) is 30.7 Å². The zero-order valence-electron chi connectivity index (χ0n) is 9.36. The monoisotopic (exact) mass is 228 g/mol. The van der Waals surface area contributed by atoms with E-state index in [2.05, 4.69) is 10.3 Å². The van der Waals surface area contributed by atoms with E-state index < -0.39 is 0 Å². The van der Waals surface area contributed by atoms with Crippen LogP contribution in [-0.2, 0) is 0 Å². The van der Waals surface area contributed by atoms with Gasteiger partial charge in [-0.15, -0.1) is 0 Å². The molecule has 0 atom stereocenters. The first-order valence-corrected chi connectivity index (χ1v) is 5.23. The summed E-state index contributed by atoms with van der Waals surface area (Å²) in [5.74, 6) is -0.278. The molecule has 0 saturated heterocycles. The van der Waals surface area contributed by atoms with E-state index in [0.717, 1.165) is 5.56 Å². The van der Waals surface area contributed by atoms with Gasteiger partial charge in [-0.2, -0.15) is 0 Å². The standard InChI is InChI=1S/C13H12N2O2/c1-9-5-2-3-6-10(9)12(16)15-11-7-4-8-14-13(11)17/h2-8H,1H3,(H,14,17)(H,15,16). The maximum atomic E-state index is 11.9. The Morgan fingerprint density at radius 3 is 2.65 bits per heavy atom. The zero-order chi connectivity index (χ0) is 12.3. The lowest BCUT2D eigenvalue weighted by molar-refractivity contribution is 0.102. The van der Waals surface area contributed by atoms with Crippen molar-refractivity contribution in [3.8, 4) is 0 Å². The molecule has 0 unspecified atom stereocenters. The fraction of sp³-hybridized carbons (Fsp3) is 0.0769. The number of aryl methyl sites for hydroxylation is 1. The van der Waals surface area contributed by atoms with Crippen molar-refractivity contribution in [3.05, 3.63) is 64.1 Å². The van der Waals surface area contributed by atoms with Crippen LogP contribution in [0.25, 0.3) is 0 Å². The summed E-state index contributed by atoms with van der Waals surface area (Å²) < 4.78 is 0. The van der Waals surface area contributed by atoms with Crippen LogP contribution in [0.5, 0.6) is 0 Å². The first-order valence-electron chi connectivity index (χ1n) is 5.23. The summed E-state index contributed by atoms with van der Waals surface area (Å²) in [5.41, 5.74) is 1.38. The molecule has 1 aromatic heterocycles. The third-order valence-electron chi connectivity index (χ3n) is 2.46. The van der Waals surface area contributed by atoms with E-state index in [9.17, 15) is 9.59 Å². The van der Waals surface area contributed by atoms with Gasteiger partial charge in [0.1, 0.15) is 5.69 Å². The molecule has 0 aliphatic rings. The van der Waals surface area contributed by atoms with E-state index in [-0.39, 0.29) is 17.2 Å². The molecule has 0 radical (unpaired) electrons. The average molecular weight is 228 g/mol. The van der Waals surface area contributed by atoms with Crippen LogP contribution in [0.4, 0.5) is 5.69 Å². The summed E-state index contributed by atoms with van der Waals surface area (Å²) in [6.07, 6.45) is 1.52. The number of nitrogens with one attached hydrogen (secondary N) is 2. The highest BCUT2D eigenvalue weighted by atomic mass is 16.2. The molecule has 86 valence electrons. The quantitative estimate of drug-likeness (QED) is 0.825. The van der Waals surface area contributed by atoms with Crippen LogP contribution in [0.15, 0.2) is 47.4 Å². The molecule has 0 saturated carbocycles. The van der Waals surface area contributed by atoms with Crippen molar-refractivity contribution in [2.75, 3.05) is 5.32 Å². The number of aromatic nitrogens is 1. The molecular formula is C13H12N2O2. The summed E-state index contributed by atoms with van der Waals surface area (Å²) in [4.78, 5) is 25.8. The van der Waals surface area contributed by atoms with Crippen LogP contribution >= 0.6 is 0 Å². The third kappa shape index (κ3) is 2.42. The minimum Gasteiger partial charge on any atom is -0.327 e. The van der Waals surface area contributed by atoms with Gasteiger partial charge in [0, 0.05) is 11.8 Å². The zero-order valence-corrected chi connectivity index (χ0v) is 9.36. The van der Waals surface area contributed by atoms with Crippen LogP contribution < -0.4 is 10.9 Å². The predicted molar refractivity (Wildman–Crippen MR) is 66.2 cm³/mol. The summed E-state index contributed by atoms with van der Waals surface area (Å²) in [6.45, 7) is 1.85. The summed E-state index contributed by atoms with van der Waals surface area (Å²) in [5, 5.41) is 2.58. The number of H-pyrrole nitrogens is 1. The number of carbonyl (C=O) groups excluding carboxylic acids is 1. The van der Waals surface area contributed by atoms with Gasteiger partial charge < -0.3 is 10.3 Å². The number of anilines is 1. The predicted octanol–water partition coefficient (Wildman–Crippen LogP) is 1.94. The number of rotatable bonds is 2. The Balaban J connectivity index is 2.27. The van der Waals surface area contributed by atoms with Gasteiger partial charge in [-0.3, -0.25) is 9.59 Å². The molecule has 2 rings (SSSR count). The summed E-state index contributed by atoms with van der Waals surface area (Å²) in [6, 6.07) is 10.5. The number of pyridine rings is 1. The van der Waals surface area contributed by atoms with Gasteiger partial charge in [0.15, 0.2) is 0 Å². The van der Waals surface area contributed by atoms with E-state index in [1.54, 1.807) is 24.3 Å². The maximum absolute atomic E-state index is 11.9. The molecule has 1 heterocycles. The molecular weight excluding hydrogens is 216 g/mol. The van der Waals surface area contributed by atoms with Crippen LogP contribution in [0.3, 0.4) is 0 Å². The minimum atomic E-state index is -0.311. The average Bonchev–Trinajstić information content (AvgIpc) is 2.32. The molecule has 2 aromatic rings. The van der Waals surface area contributed by atoms with Gasteiger partial charge in [-0.1, -0.05) is 18.2 Å². The van der Waals surface area contributed by atoms with Crippen molar-refractivity contribution in [1.82, 2.24) is 4.98 Å². The van der Waals surface area contributed by atoms with Crippen LogP contribution in [0.2, 0.25) is 0 Å².